The Hall–Kier alpha value is -2.68. The number of nitrogens with zero attached hydrogens (tertiary/aromatic N) is 2. The number of benzene rings is 2. The average Bonchev–Trinajstić information content (AvgIpc) is 2.67. The van der Waals surface area contributed by atoms with Crippen LogP contribution in [0.5, 0.6) is 5.75 Å². The number of rotatable bonds is 5. The highest BCUT2D eigenvalue weighted by molar-refractivity contribution is 5.71. The summed E-state index contributed by atoms with van der Waals surface area (Å²) in [4.78, 5) is 4.68. The lowest BCUT2D eigenvalue weighted by Crippen LogP contribution is -2.45. The lowest BCUT2D eigenvalue weighted by atomic mass is 9.97. The number of aromatic hydroxyl groups is 1. The van der Waals surface area contributed by atoms with Crippen LogP contribution in [-0.2, 0) is 6.42 Å². The lowest BCUT2D eigenvalue weighted by Gasteiger charge is -2.37. The molecule has 0 spiro atoms. The van der Waals surface area contributed by atoms with Gasteiger partial charge in [-0.2, -0.15) is 0 Å². The first-order chi connectivity index (χ1) is 12.1. The van der Waals surface area contributed by atoms with Crippen LogP contribution < -0.4 is 4.90 Å². The van der Waals surface area contributed by atoms with E-state index >= 15 is 0 Å². The predicted octanol–water partition coefficient (Wildman–Crippen LogP) is 4.44. The molecule has 1 saturated heterocycles. The third-order valence-corrected chi connectivity index (χ3v) is 4.94. The van der Waals surface area contributed by atoms with Crippen molar-refractivity contribution in [3.8, 4) is 16.9 Å². The lowest BCUT2D eigenvalue weighted by molar-refractivity contribution is 0.332. The second-order valence-electron chi connectivity index (χ2n) is 6.41. The van der Waals surface area contributed by atoms with Gasteiger partial charge in [-0.1, -0.05) is 38.3 Å². The fourth-order valence-electron chi connectivity index (χ4n) is 3.37. The maximum absolute atomic E-state index is 9.82. The fourth-order valence-corrected chi connectivity index (χ4v) is 3.37. The molecule has 0 saturated carbocycles. The van der Waals surface area contributed by atoms with Crippen molar-refractivity contribution in [2.24, 2.45) is 0 Å². The Morgan fingerprint density at radius 2 is 1.76 bits per heavy atom. The van der Waals surface area contributed by atoms with E-state index in [4.69, 9.17) is 0 Å². The Labute approximate surface area is 150 Å². The largest absolute Gasteiger partial charge is 0.508 e. The summed E-state index contributed by atoms with van der Waals surface area (Å²) >= 11 is 0. The van der Waals surface area contributed by atoms with Crippen molar-refractivity contribution < 1.29 is 5.11 Å². The number of anilines is 1. The van der Waals surface area contributed by atoms with Gasteiger partial charge in [0.25, 0.3) is 0 Å². The summed E-state index contributed by atoms with van der Waals surface area (Å²) in [6.45, 7) is 13.9. The van der Waals surface area contributed by atoms with Crippen LogP contribution in [0.15, 0.2) is 67.4 Å². The highest BCUT2D eigenvalue weighted by Crippen LogP contribution is 2.30. The molecule has 0 amide bonds. The van der Waals surface area contributed by atoms with Crippen LogP contribution in [-0.4, -0.2) is 36.2 Å². The fraction of sp³-hybridized carbons (Fsp3) is 0.273. The van der Waals surface area contributed by atoms with E-state index in [0.717, 1.165) is 49.4 Å². The number of hydrogen-bond acceptors (Lipinski definition) is 3. The molecule has 1 heterocycles. The van der Waals surface area contributed by atoms with E-state index in [1.54, 1.807) is 6.07 Å². The normalized spacial score (nSPS) is 14.4. The van der Waals surface area contributed by atoms with Crippen LogP contribution in [0.3, 0.4) is 0 Å². The zero-order valence-corrected chi connectivity index (χ0v) is 14.9. The molecule has 0 bridgehead atoms. The van der Waals surface area contributed by atoms with Crippen molar-refractivity contribution in [3.05, 3.63) is 73.0 Å². The van der Waals surface area contributed by atoms with Gasteiger partial charge in [0.15, 0.2) is 0 Å². The topological polar surface area (TPSA) is 26.7 Å². The Bertz CT molecular complexity index is 756. The molecule has 2 aromatic carbocycles. The molecule has 3 nitrogen and oxygen atoms in total. The summed E-state index contributed by atoms with van der Waals surface area (Å²) in [7, 11) is 0. The van der Waals surface area contributed by atoms with E-state index in [1.807, 2.05) is 18.2 Å². The molecular formula is C22H26N2O. The SMILES string of the molecule is C=CC(=C)N1CCN(c2ccc(-c3cc(O)ccc3CC)cc2)CC1. The van der Waals surface area contributed by atoms with Gasteiger partial charge in [-0.3, -0.25) is 0 Å². The standard InChI is InChI=1S/C22H26N2O/c1-4-17(3)23-12-14-24(15-13-23)20-9-6-19(7-10-20)22-16-21(25)11-8-18(22)5-2/h4,6-11,16,25H,1,3,5,12-15H2,2H3. The number of hydrogen-bond donors (Lipinski definition) is 1. The maximum atomic E-state index is 9.82. The van der Waals surface area contributed by atoms with Crippen molar-refractivity contribution in [1.29, 1.82) is 0 Å². The first-order valence-corrected chi connectivity index (χ1v) is 8.86. The molecule has 3 heteroatoms. The van der Waals surface area contributed by atoms with E-state index in [2.05, 4.69) is 54.1 Å². The Morgan fingerprint density at radius 1 is 1.08 bits per heavy atom. The Kier molecular flexibility index (Phi) is 5.13. The summed E-state index contributed by atoms with van der Waals surface area (Å²) < 4.78 is 0. The van der Waals surface area contributed by atoms with E-state index in [0.29, 0.717) is 5.75 Å². The van der Waals surface area contributed by atoms with Gasteiger partial charge < -0.3 is 14.9 Å². The van der Waals surface area contributed by atoms with Gasteiger partial charge in [-0.25, -0.2) is 0 Å². The molecule has 0 aliphatic carbocycles. The summed E-state index contributed by atoms with van der Waals surface area (Å²) in [5.41, 5.74) is 5.76. The van der Waals surface area contributed by atoms with E-state index in [-0.39, 0.29) is 0 Å². The van der Waals surface area contributed by atoms with Gasteiger partial charge in [0, 0.05) is 37.6 Å². The van der Waals surface area contributed by atoms with E-state index in [9.17, 15) is 5.11 Å². The maximum Gasteiger partial charge on any atom is 0.116 e. The molecule has 1 aliphatic rings. The summed E-state index contributed by atoms with van der Waals surface area (Å²) in [5, 5.41) is 9.82. The Balaban J connectivity index is 1.74. The first kappa shape index (κ1) is 17.2. The molecule has 0 aromatic heterocycles. The minimum atomic E-state index is 0.315. The van der Waals surface area contributed by atoms with Crippen LogP contribution >= 0.6 is 0 Å². The van der Waals surface area contributed by atoms with Crippen LogP contribution in [0.1, 0.15) is 12.5 Å². The smallest absolute Gasteiger partial charge is 0.116 e. The second-order valence-corrected chi connectivity index (χ2v) is 6.41. The van der Waals surface area contributed by atoms with Gasteiger partial charge in [0.05, 0.1) is 0 Å². The summed E-state index contributed by atoms with van der Waals surface area (Å²) in [6, 6.07) is 14.3. The van der Waals surface area contributed by atoms with Crippen LogP contribution in [0, 0.1) is 0 Å². The second kappa shape index (κ2) is 7.47. The van der Waals surface area contributed by atoms with Crippen molar-refractivity contribution in [2.45, 2.75) is 13.3 Å². The van der Waals surface area contributed by atoms with E-state index < -0.39 is 0 Å². The minimum absolute atomic E-state index is 0.315. The molecule has 0 unspecified atom stereocenters. The molecule has 1 N–H and O–H groups in total. The highest BCUT2D eigenvalue weighted by Gasteiger charge is 2.17. The third-order valence-electron chi connectivity index (χ3n) is 4.94. The molecule has 0 atom stereocenters. The third kappa shape index (κ3) is 3.71. The van der Waals surface area contributed by atoms with Crippen LogP contribution in [0.4, 0.5) is 5.69 Å². The van der Waals surface area contributed by atoms with E-state index in [1.165, 1.54) is 11.3 Å². The van der Waals surface area contributed by atoms with Gasteiger partial charge >= 0.3 is 0 Å². The summed E-state index contributed by atoms with van der Waals surface area (Å²) in [6.07, 6.45) is 2.78. The van der Waals surface area contributed by atoms with Crippen molar-refractivity contribution in [3.63, 3.8) is 0 Å². The molecule has 25 heavy (non-hydrogen) atoms. The minimum Gasteiger partial charge on any atom is -0.508 e. The molecule has 3 rings (SSSR count). The quantitative estimate of drug-likeness (QED) is 0.819. The molecule has 0 radical (unpaired) electrons. The van der Waals surface area contributed by atoms with Crippen LogP contribution in [0.25, 0.3) is 11.1 Å². The monoisotopic (exact) mass is 334 g/mol. The average molecular weight is 334 g/mol. The number of phenolic OH excluding ortho intramolecular Hbond substituents is 1. The first-order valence-electron chi connectivity index (χ1n) is 8.86. The van der Waals surface area contributed by atoms with Crippen molar-refractivity contribution >= 4 is 5.69 Å². The van der Waals surface area contributed by atoms with Gasteiger partial charge in [0.1, 0.15) is 5.75 Å². The van der Waals surface area contributed by atoms with Gasteiger partial charge in [-0.05, 0) is 53.5 Å². The zero-order chi connectivity index (χ0) is 17.8. The van der Waals surface area contributed by atoms with Crippen LogP contribution in [0.2, 0.25) is 0 Å². The number of allylic oxidation sites excluding steroid dienone is 1. The predicted molar refractivity (Wildman–Crippen MR) is 106 cm³/mol. The van der Waals surface area contributed by atoms with Crippen molar-refractivity contribution in [1.82, 2.24) is 4.90 Å². The highest BCUT2D eigenvalue weighted by atomic mass is 16.3. The molecular weight excluding hydrogens is 308 g/mol. The molecule has 2 aromatic rings. The summed E-state index contributed by atoms with van der Waals surface area (Å²) in [5.74, 6) is 0.315. The Morgan fingerprint density at radius 3 is 2.36 bits per heavy atom. The number of phenols is 1. The molecule has 130 valence electrons. The van der Waals surface area contributed by atoms with Gasteiger partial charge in [-0.15, -0.1) is 0 Å². The van der Waals surface area contributed by atoms with Gasteiger partial charge in [0.2, 0.25) is 0 Å². The number of aryl methyl sites for hydroxylation is 1. The number of piperazine rings is 1. The zero-order valence-electron chi connectivity index (χ0n) is 14.9. The molecule has 1 fully saturated rings. The molecule has 1 aliphatic heterocycles. The van der Waals surface area contributed by atoms with Crippen molar-refractivity contribution in [2.75, 3.05) is 31.1 Å².